The third kappa shape index (κ3) is 4.48. The number of aryl methyl sites for hydroxylation is 3. The monoisotopic (exact) mass is 348 g/mol. The zero-order valence-corrected chi connectivity index (χ0v) is 16.0. The standard InChI is InChI=1S/C24H32N2/c1-3-8-21(9-4-1)10-7-15-25-16-18-26(19-17-25)24-14-13-22-11-5-2-6-12-23(22)20-24/h1,3-4,8-9,13-14,20H,2,5-7,10-12,15-19H2. The minimum absolute atomic E-state index is 1.17. The van der Waals surface area contributed by atoms with Gasteiger partial charge < -0.3 is 4.90 Å². The second-order valence-corrected chi connectivity index (χ2v) is 7.93. The van der Waals surface area contributed by atoms with Gasteiger partial charge in [0, 0.05) is 31.9 Å². The molecule has 0 bridgehead atoms. The first-order valence-corrected chi connectivity index (χ1v) is 10.5. The van der Waals surface area contributed by atoms with E-state index in [2.05, 4.69) is 58.3 Å². The topological polar surface area (TPSA) is 6.48 Å². The molecule has 4 rings (SSSR count). The molecule has 0 unspecified atom stereocenters. The summed E-state index contributed by atoms with van der Waals surface area (Å²) in [4.78, 5) is 5.24. The molecular formula is C24H32N2. The second-order valence-electron chi connectivity index (χ2n) is 7.93. The van der Waals surface area contributed by atoms with E-state index in [4.69, 9.17) is 0 Å². The number of benzene rings is 2. The zero-order valence-electron chi connectivity index (χ0n) is 16.0. The van der Waals surface area contributed by atoms with E-state index in [9.17, 15) is 0 Å². The molecule has 2 nitrogen and oxygen atoms in total. The molecule has 2 aromatic rings. The highest BCUT2D eigenvalue weighted by Gasteiger charge is 2.18. The summed E-state index contributed by atoms with van der Waals surface area (Å²) in [5.41, 5.74) is 6.14. The van der Waals surface area contributed by atoms with Gasteiger partial charge >= 0.3 is 0 Å². The third-order valence-electron chi connectivity index (χ3n) is 6.10. The van der Waals surface area contributed by atoms with Crippen molar-refractivity contribution in [3.05, 3.63) is 65.2 Å². The number of hydrogen-bond donors (Lipinski definition) is 0. The molecule has 0 aromatic heterocycles. The molecule has 0 amide bonds. The lowest BCUT2D eigenvalue weighted by atomic mass is 10.0. The average Bonchev–Trinajstić information content (AvgIpc) is 2.94. The SMILES string of the molecule is c1ccc(CCCN2CCN(c3ccc4c(c3)CCCCC4)CC2)cc1. The molecule has 2 aliphatic rings. The van der Waals surface area contributed by atoms with Crippen LogP contribution in [0.25, 0.3) is 0 Å². The van der Waals surface area contributed by atoms with Gasteiger partial charge in [0.1, 0.15) is 0 Å². The first-order valence-electron chi connectivity index (χ1n) is 10.5. The molecule has 0 spiro atoms. The van der Waals surface area contributed by atoms with Crippen LogP contribution in [0.3, 0.4) is 0 Å². The maximum atomic E-state index is 2.64. The Morgan fingerprint density at radius 2 is 1.50 bits per heavy atom. The molecule has 2 heteroatoms. The molecule has 1 aliphatic heterocycles. The Bertz CT molecular complexity index is 687. The molecule has 26 heavy (non-hydrogen) atoms. The first kappa shape index (κ1) is 17.6. The summed E-state index contributed by atoms with van der Waals surface area (Å²) in [5, 5.41) is 0. The summed E-state index contributed by atoms with van der Waals surface area (Å²) < 4.78 is 0. The number of fused-ring (bicyclic) bond motifs is 1. The van der Waals surface area contributed by atoms with E-state index in [1.807, 2.05) is 0 Å². The number of nitrogens with zero attached hydrogens (tertiary/aromatic N) is 2. The van der Waals surface area contributed by atoms with Crippen LogP contribution in [0.4, 0.5) is 5.69 Å². The smallest absolute Gasteiger partial charge is 0.0370 e. The van der Waals surface area contributed by atoms with Gasteiger partial charge in [-0.1, -0.05) is 42.8 Å². The average molecular weight is 349 g/mol. The van der Waals surface area contributed by atoms with Crippen LogP contribution < -0.4 is 4.90 Å². The van der Waals surface area contributed by atoms with Gasteiger partial charge in [0.15, 0.2) is 0 Å². The zero-order chi connectivity index (χ0) is 17.6. The van der Waals surface area contributed by atoms with Gasteiger partial charge in [-0.25, -0.2) is 0 Å². The predicted octanol–water partition coefficient (Wildman–Crippen LogP) is 4.71. The second kappa shape index (κ2) is 8.73. The van der Waals surface area contributed by atoms with E-state index in [0.717, 1.165) is 0 Å². The van der Waals surface area contributed by atoms with Crippen LogP contribution in [0.15, 0.2) is 48.5 Å². The molecular weight excluding hydrogens is 316 g/mol. The van der Waals surface area contributed by atoms with Crippen LogP contribution >= 0.6 is 0 Å². The molecule has 0 N–H and O–H groups in total. The normalized spacial score (nSPS) is 18.4. The van der Waals surface area contributed by atoms with E-state index in [1.54, 1.807) is 11.1 Å². The van der Waals surface area contributed by atoms with Gasteiger partial charge in [-0.15, -0.1) is 0 Å². The van der Waals surface area contributed by atoms with E-state index >= 15 is 0 Å². The van der Waals surface area contributed by atoms with Crippen LogP contribution in [0.2, 0.25) is 0 Å². The molecule has 2 aromatic carbocycles. The van der Waals surface area contributed by atoms with Crippen molar-refractivity contribution in [3.8, 4) is 0 Å². The Morgan fingerprint density at radius 3 is 2.31 bits per heavy atom. The summed E-state index contributed by atoms with van der Waals surface area (Å²) in [5.74, 6) is 0. The quantitative estimate of drug-likeness (QED) is 0.722. The molecule has 0 atom stereocenters. The predicted molar refractivity (Wildman–Crippen MR) is 111 cm³/mol. The number of anilines is 1. The number of hydrogen-bond acceptors (Lipinski definition) is 2. The van der Waals surface area contributed by atoms with E-state index in [1.165, 1.54) is 88.9 Å². The molecule has 1 fully saturated rings. The van der Waals surface area contributed by atoms with Crippen molar-refractivity contribution in [2.75, 3.05) is 37.6 Å². The van der Waals surface area contributed by atoms with Crippen molar-refractivity contribution < 1.29 is 0 Å². The Morgan fingerprint density at radius 1 is 0.731 bits per heavy atom. The molecule has 1 saturated heterocycles. The van der Waals surface area contributed by atoms with Crippen molar-refractivity contribution >= 4 is 5.69 Å². The molecule has 0 saturated carbocycles. The molecule has 1 heterocycles. The van der Waals surface area contributed by atoms with Crippen molar-refractivity contribution in [2.45, 2.75) is 44.9 Å². The van der Waals surface area contributed by atoms with Crippen LogP contribution in [0, 0.1) is 0 Å². The van der Waals surface area contributed by atoms with Crippen LogP contribution in [-0.2, 0) is 19.3 Å². The van der Waals surface area contributed by atoms with Crippen LogP contribution in [0.1, 0.15) is 42.4 Å². The van der Waals surface area contributed by atoms with E-state index in [0.29, 0.717) is 0 Å². The molecule has 1 aliphatic carbocycles. The number of piperazine rings is 1. The van der Waals surface area contributed by atoms with Gasteiger partial charge in [0.05, 0.1) is 0 Å². The fourth-order valence-electron chi connectivity index (χ4n) is 4.47. The lowest BCUT2D eigenvalue weighted by Gasteiger charge is -2.36. The summed E-state index contributed by atoms with van der Waals surface area (Å²) in [6.45, 7) is 5.97. The summed E-state index contributed by atoms with van der Waals surface area (Å²) in [6.07, 6.45) is 9.16. The third-order valence-corrected chi connectivity index (χ3v) is 6.10. The minimum atomic E-state index is 1.17. The van der Waals surface area contributed by atoms with Crippen molar-refractivity contribution in [3.63, 3.8) is 0 Å². The fourth-order valence-corrected chi connectivity index (χ4v) is 4.47. The highest BCUT2D eigenvalue weighted by Crippen LogP contribution is 2.26. The maximum Gasteiger partial charge on any atom is 0.0370 e. The highest BCUT2D eigenvalue weighted by molar-refractivity contribution is 5.52. The molecule has 138 valence electrons. The Kier molecular flexibility index (Phi) is 5.91. The van der Waals surface area contributed by atoms with Crippen molar-refractivity contribution in [2.24, 2.45) is 0 Å². The summed E-state index contributed by atoms with van der Waals surface area (Å²) in [7, 11) is 0. The number of rotatable bonds is 5. The van der Waals surface area contributed by atoms with Gasteiger partial charge in [0.25, 0.3) is 0 Å². The highest BCUT2D eigenvalue weighted by atomic mass is 15.3. The Labute approximate surface area is 158 Å². The Balaban J connectivity index is 1.26. The van der Waals surface area contributed by atoms with Gasteiger partial charge in [-0.3, -0.25) is 4.90 Å². The molecule has 0 radical (unpaired) electrons. The lowest BCUT2D eigenvalue weighted by Crippen LogP contribution is -2.46. The largest absolute Gasteiger partial charge is 0.369 e. The Hall–Kier alpha value is -1.80. The lowest BCUT2D eigenvalue weighted by molar-refractivity contribution is 0.255. The van der Waals surface area contributed by atoms with Crippen molar-refractivity contribution in [1.82, 2.24) is 4.90 Å². The first-order chi connectivity index (χ1) is 12.9. The van der Waals surface area contributed by atoms with E-state index < -0.39 is 0 Å². The van der Waals surface area contributed by atoms with E-state index in [-0.39, 0.29) is 0 Å². The van der Waals surface area contributed by atoms with Crippen molar-refractivity contribution in [1.29, 1.82) is 0 Å². The maximum absolute atomic E-state index is 2.64. The van der Waals surface area contributed by atoms with Crippen LogP contribution in [-0.4, -0.2) is 37.6 Å². The summed E-state index contributed by atoms with van der Waals surface area (Å²) >= 11 is 0. The minimum Gasteiger partial charge on any atom is -0.369 e. The van der Waals surface area contributed by atoms with Gasteiger partial charge in [0.2, 0.25) is 0 Å². The fraction of sp³-hybridized carbons (Fsp3) is 0.500. The van der Waals surface area contributed by atoms with Gasteiger partial charge in [-0.05, 0) is 73.9 Å². The van der Waals surface area contributed by atoms with Crippen LogP contribution in [0.5, 0.6) is 0 Å². The van der Waals surface area contributed by atoms with Gasteiger partial charge in [-0.2, -0.15) is 0 Å². The summed E-state index contributed by atoms with van der Waals surface area (Å²) in [6, 6.07) is 18.2.